The van der Waals surface area contributed by atoms with E-state index in [1.54, 1.807) is 10.4 Å². The summed E-state index contributed by atoms with van der Waals surface area (Å²) in [6, 6.07) is 15.0. The molecule has 0 unspecified atom stereocenters. The first kappa shape index (κ1) is 18.2. The number of rotatable bonds is 5. The van der Waals surface area contributed by atoms with Gasteiger partial charge in [-0.15, -0.1) is 11.3 Å². The van der Waals surface area contributed by atoms with Gasteiger partial charge in [-0.3, -0.25) is 14.5 Å². The first-order valence-corrected chi connectivity index (χ1v) is 9.93. The highest BCUT2D eigenvalue weighted by atomic mass is 32.1. The lowest BCUT2D eigenvalue weighted by molar-refractivity contribution is -0.124. The van der Waals surface area contributed by atoms with E-state index in [1.165, 1.54) is 16.2 Å². The molecule has 7 heteroatoms. The lowest BCUT2D eigenvalue weighted by Crippen LogP contribution is -2.46. The number of fused-ring (bicyclic) bond motifs is 1. The van der Waals surface area contributed by atoms with Crippen LogP contribution in [0.2, 0.25) is 0 Å². The molecule has 2 aromatic carbocycles. The van der Waals surface area contributed by atoms with Crippen molar-refractivity contribution in [1.82, 2.24) is 4.98 Å². The molecule has 0 saturated heterocycles. The number of ether oxygens (including phenoxy) is 1. The number of carbonyl (C=O) groups excluding carboxylic acids is 2. The molecule has 0 bridgehead atoms. The van der Waals surface area contributed by atoms with Crippen LogP contribution in [0.4, 0.5) is 11.4 Å². The number of nitrogens with zero attached hydrogens (tertiary/aromatic N) is 3. The summed E-state index contributed by atoms with van der Waals surface area (Å²) < 4.78 is 5.56. The molecule has 2 amide bonds. The minimum Gasteiger partial charge on any atom is -0.482 e. The summed E-state index contributed by atoms with van der Waals surface area (Å²) in [5, 5.41) is 1.94. The molecular weight excluding hydrogens is 374 g/mol. The zero-order valence-corrected chi connectivity index (χ0v) is 16.2. The Labute approximate surface area is 167 Å². The van der Waals surface area contributed by atoms with Crippen LogP contribution in [-0.4, -0.2) is 36.5 Å². The lowest BCUT2D eigenvalue weighted by Gasteiger charge is -2.31. The molecule has 3 aromatic rings. The van der Waals surface area contributed by atoms with Gasteiger partial charge < -0.3 is 9.64 Å². The van der Waals surface area contributed by atoms with Gasteiger partial charge in [0.05, 0.1) is 16.9 Å². The average Bonchev–Trinajstić information content (AvgIpc) is 3.26. The van der Waals surface area contributed by atoms with E-state index in [1.807, 2.05) is 60.8 Å². The van der Waals surface area contributed by atoms with Gasteiger partial charge >= 0.3 is 0 Å². The van der Waals surface area contributed by atoms with E-state index in [2.05, 4.69) is 4.98 Å². The van der Waals surface area contributed by atoms with Crippen LogP contribution in [0, 0.1) is 0 Å². The molecule has 0 aliphatic carbocycles. The van der Waals surface area contributed by atoms with E-state index in [0.29, 0.717) is 18.0 Å². The molecule has 4 rings (SSSR count). The molecule has 1 aliphatic heterocycles. The fourth-order valence-corrected chi connectivity index (χ4v) is 3.78. The van der Waals surface area contributed by atoms with Crippen molar-refractivity contribution in [2.75, 3.05) is 29.5 Å². The highest BCUT2D eigenvalue weighted by molar-refractivity contribution is 7.07. The Balaban J connectivity index is 1.64. The van der Waals surface area contributed by atoms with Crippen LogP contribution >= 0.6 is 11.3 Å². The van der Waals surface area contributed by atoms with Gasteiger partial charge in [0.15, 0.2) is 6.61 Å². The zero-order valence-electron chi connectivity index (χ0n) is 15.4. The molecule has 0 saturated carbocycles. The van der Waals surface area contributed by atoms with Crippen molar-refractivity contribution < 1.29 is 14.3 Å². The number of para-hydroxylation sites is 1. The van der Waals surface area contributed by atoms with E-state index in [9.17, 15) is 9.59 Å². The Morgan fingerprint density at radius 2 is 2.07 bits per heavy atom. The number of amides is 2. The van der Waals surface area contributed by atoms with Crippen LogP contribution in [0.25, 0.3) is 11.3 Å². The van der Waals surface area contributed by atoms with Crippen molar-refractivity contribution >= 4 is 34.5 Å². The third-order valence-corrected chi connectivity index (χ3v) is 5.20. The first-order chi connectivity index (χ1) is 13.7. The van der Waals surface area contributed by atoms with Crippen molar-refractivity contribution in [2.45, 2.75) is 6.92 Å². The Morgan fingerprint density at radius 1 is 1.25 bits per heavy atom. The van der Waals surface area contributed by atoms with Crippen molar-refractivity contribution in [3.63, 3.8) is 0 Å². The van der Waals surface area contributed by atoms with E-state index in [-0.39, 0.29) is 25.0 Å². The molecule has 0 radical (unpaired) electrons. The number of hydrogen-bond donors (Lipinski definition) is 0. The lowest BCUT2D eigenvalue weighted by atomic mass is 10.1. The van der Waals surface area contributed by atoms with Gasteiger partial charge in [-0.25, -0.2) is 4.98 Å². The molecular formula is C21H19N3O3S. The Hall–Kier alpha value is -3.19. The second-order valence-corrected chi connectivity index (χ2v) is 7.02. The Kier molecular flexibility index (Phi) is 5.08. The fraction of sp³-hybridized carbons (Fsp3) is 0.190. The second-order valence-electron chi connectivity index (χ2n) is 6.30. The standard InChI is InChI=1S/C21H19N3O3S/c1-2-23(16-6-4-3-5-7-16)20(25)11-24-18-10-15(17-13-28-14-22-17)8-9-19(18)27-12-21(24)26/h3-10,13-14H,2,11-12H2,1H3. The van der Waals surface area contributed by atoms with Gasteiger partial charge in [-0.1, -0.05) is 18.2 Å². The average molecular weight is 393 g/mol. The number of carbonyl (C=O) groups is 2. The minimum atomic E-state index is -0.236. The van der Waals surface area contributed by atoms with Crippen molar-refractivity contribution in [3.05, 3.63) is 59.4 Å². The van der Waals surface area contributed by atoms with E-state index in [4.69, 9.17) is 4.74 Å². The normalized spacial score (nSPS) is 13.0. The summed E-state index contributed by atoms with van der Waals surface area (Å²) in [6.07, 6.45) is 0. The maximum atomic E-state index is 13.0. The summed E-state index contributed by atoms with van der Waals surface area (Å²) in [7, 11) is 0. The predicted octanol–water partition coefficient (Wildman–Crippen LogP) is 3.59. The van der Waals surface area contributed by atoms with Crippen LogP contribution in [0.15, 0.2) is 59.4 Å². The number of hydrogen-bond acceptors (Lipinski definition) is 5. The molecule has 28 heavy (non-hydrogen) atoms. The quantitative estimate of drug-likeness (QED) is 0.665. The topological polar surface area (TPSA) is 62.7 Å². The van der Waals surface area contributed by atoms with Crippen molar-refractivity contribution in [1.29, 1.82) is 0 Å². The molecule has 6 nitrogen and oxygen atoms in total. The molecule has 0 fully saturated rings. The Morgan fingerprint density at radius 3 is 2.79 bits per heavy atom. The third kappa shape index (κ3) is 3.48. The molecule has 0 atom stereocenters. The molecule has 0 spiro atoms. The molecule has 1 aromatic heterocycles. The second kappa shape index (κ2) is 7.82. The number of anilines is 2. The smallest absolute Gasteiger partial charge is 0.265 e. The van der Waals surface area contributed by atoms with Gasteiger partial charge in [0.25, 0.3) is 5.91 Å². The van der Waals surface area contributed by atoms with E-state index >= 15 is 0 Å². The third-order valence-electron chi connectivity index (χ3n) is 4.61. The highest BCUT2D eigenvalue weighted by Crippen LogP contribution is 2.36. The van der Waals surface area contributed by atoms with Gasteiger partial charge in [0, 0.05) is 23.2 Å². The van der Waals surface area contributed by atoms with E-state index < -0.39 is 0 Å². The van der Waals surface area contributed by atoms with Gasteiger partial charge in [0.1, 0.15) is 12.3 Å². The summed E-state index contributed by atoms with van der Waals surface area (Å²) in [5.74, 6) is 0.212. The SMILES string of the molecule is CCN(C(=O)CN1C(=O)COc2ccc(-c3cscn3)cc21)c1ccccc1. The van der Waals surface area contributed by atoms with Crippen LogP contribution in [0.5, 0.6) is 5.75 Å². The summed E-state index contributed by atoms with van der Waals surface area (Å²) >= 11 is 1.50. The molecule has 142 valence electrons. The highest BCUT2D eigenvalue weighted by Gasteiger charge is 2.29. The Bertz CT molecular complexity index is 989. The number of aromatic nitrogens is 1. The minimum absolute atomic E-state index is 0.0432. The van der Waals surface area contributed by atoms with Gasteiger partial charge in [-0.05, 0) is 37.3 Å². The molecule has 0 N–H and O–H groups in total. The summed E-state index contributed by atoms with van der Waals surface area (Å²) in [6.45, 7) is 2.32. The van der Waals surface area contributed by atoms with Gasteiger partial charge in [0.2, 0.25) is 5.91 Å². The van der Waals surface area contributed by atoms with Crippen LogP contribution < -0.4 is 14.5 Å². The molecule has 2 heterocycles. The van der Waals surface area contributed by atoms with Crippen LogP contribution in [0.3, 0.4) is 0 Å². The number of likely N-dealkylation sites (N-methyl/N-ethyl adjacent to an activating group) is 1. The maximum Gasteiger partial charge on any atom is 0.265 e. The zero-order chi connectivity index (χ0) is 19.5. The summed E-state index contributed by atoms with van der Waals surface area (Å²) in [5.41, 5.74) is 4.88. The fourth-order valence-electron chi connectivity index (χ4n) is 3.22. The van der Waals surface area contributed by atoms with Crippen molar-refractivity contribution in [2.24, 2.45) is 0 Å². The van der Waals surface area contributed by atoms with E-state index in [0.717, 1.165) is 16.9 Å². The first-order valence-electron chi connectivity index (χ1n) is 8.98. The monoisotopic (exact) mass is 393 g/mol. The van der Waals surface area contributed by atoms with Crippen LogP contribution in [0.1, 0.15) is 6.92 Å². The predicted molar refractivity (Wildman–Crippen MR) is 110 cm³/mol. The summed E-state index contributed by atoms with van der Waals surface area (Å²) in [4.78, 5) is 33.0. The number of benzene rings is 2. The van der Waals surface area contributed by atoms with Gasteiger partial charge in [-0.2, -0.15) is 0 Å². The number of thiazole rings is 1. The largest absolute Gasteiger partial charge is 0.482 e. The molecule has 1 aliphatic rings. The van der Waals surface area contributed by atoms with Crippen molar-refractivity contribution in [3.8, 4) is 17.0 Å². The maximum absolute atomic E-state index is 13.0. The van der Waals surface area contributed by atoms with Crippen LogP contribution in [-0.2, 0) is 9.59 Å².